The first-order chi connectivity index (χ1) is 10.2. The van der Waals surface area contributed by atoms with E-state index in [4.69, 9.17) is 21.2 Å². The SMILES string of the molecule is CCCCN(CCO)Cc1nc(-c2cccc(Cl)c2)no1. The molecular weight excluding hydrogens is 290 g/mol. The third-order valence-corrected chi connectivity index (χ3v) is 3.39. The van der Waals surface area contributed by atoms with Crippen molar-refractivity contribution in [3.8, 4) is 11.4 Å². The molecule has 114 valence electrons. The van der Waals surface area contributed by atoms with E-state index < -0.39 is 0 Å². The quantitative estimate of drug-likeness (QED) is 0.812. The Morgan fingerprint density at radius 3 is 2.90 bits per heavy atom. The maximum atomic E-state index is 9.10. The second-order valence-electron chi connectivity index (χ2n) is 4.88. The van der Waals surface area contributed by atoms with Crippen molar-refractivity contribution >= 4 is 11.6 Å². The molecule has 1 heterocycles. The van der Waals surface area contributed by atoms with Crippen molar-refractivity contribution in [3.05, 3.63) is 35.2 Å². The van der Waals surface area contributed by atoms with Crippen LogP contribution in [0.5, 0.6) is 0 Å². The molecule has 0 saturated carbocycles. The molecule has 6 heteroatoms. The Balaban J connectivity index is 2.04. The number of nitrogens with zero attached hydrogens (tertiary/aromatic N) is 3. The highest BCUT2D eigenvalue weighted by Gasteiger charge is 2.12. The van der Waals surface area contributed by atoms with Gasteiger partial charge in [-0.2, -0.15) is 4.98 Å². The van der Waals surface area contributed by atoms with Crippen LogP contribution in [-0.4, -0.2) is 39.8 Å². The molecule has 2 rings (SSSR count). The van der Waals surface area contributed by atoms with Crippen molar-refractivity contribution in [1.29, 1.82) is 0 Å². The highest BCUT2D eigenvalue weighted by atomic mass is 35.5. The summed E-state index contributed by atoms with van der Waals surface area (Å²) in [7, 11) is 0. The van der Waals surface area contributed by atoms with Crippen molar-refractivity contribution < 1.29 is 9.63 Å². The molecule has 1 N–H and O–H groups in total. The van der Waals surface area contributed by atoms with E-state index in [2.05, 4.69) is 22.0 Å². The molecule has 1 aromatic carbocycles. The Morgan fingerprint density at radius 2 is 2.19 bits per heavy atom. The maximum Gasteiger partial charge on any atom is 0.241 e. The van der Waals surface area contributed by atoms with Gasteiger partial charge in [-0.3, -0.25) is 4.90 Å². The van der Waals surface area contributed by atoms with E-state index in [1.54, 1.807) is 12.1 Å². The summed E-state index contributed by atoms with van der Waals surface area (Å²) < 4.78 is 5.29. The van der Waals surface area contributed by atoms with Gasteiger partial charge in [-0.15, -0.1) is 0 Å². The van der Waals surface area contributed by atoms with Gasteiger partial charge in [0.25, 0.3) is 0 Å². The Labute approximate surface area is 129 Å². The van der Waals surface area contributed by atoms with Crippen LogP contribution in [0.3, 0.4) is 0 Å². The molecule has 0 fully saturated rings. The fourth-order valence-electron chi connectivity index (χ4n) is 2.05. The van der Waals surface area contributed by atoms with Gasteiger partial charge in [-0.25, -0.2) is 0 Å². The molecule has 0 bridgehead atoms. The number of aliphatic hydroxyl groups excluding tert-OH is 1. The van der Waals surface area contributed by atoms with Crippen LogP contribution in [0.4, 0.5) is 0 Å². The standard InChI is InChI=1S/C15H20ClN3O2/c1-2-3-7-19(8-9-20)11-14-17-15(18-21-14)12-5-4-6-13(16)10-12/h4-6,10,20H,2-3,7-9,11H2,1H3. The largest absolute Gasteiger partial charge is 0.395 e. The lowest BCUT2D eigenvalue weighted by Gasteiger charge is -2.18. The predicted octanol–water partition coefficient (Wildman–Crippen LogP) is 2.98. The first-order valence-electron chi connectivity index (χ1n) is 7.14. The van der Waals surface area contributed by atoms with Gasteiger partial charge in [-0.1, -0.05) is 42.2 Å². The minimum absolute atomic E-state index is 0.124. The number of aromatic nitrogens is 2. The molecule has 0 unspecified atom stereocenters. The number of benzene rings is 1. The minimum Gasteiger partial charge on any atom is -0.395 e. The van der Waals surface area contributed by atoms with Crippen LogP contribution >= 0.6 is 11.6 Å². The summed E-state index contributed by atoms with van der Waals surface area (Å²) in [5.74, 6) is 1.08. The highest BCUT2D eigenvalue weighted by Crippen LogP contribution is 2.20. The lowest BCUT2D eigenvalue weighted by molar-refractivity contribution is 0.172. The fraction of sp³-hybridized carbons (Fsp3) is 0.467. The van der Waals surface area contributed by atoms with Crippen LogP contribution in [0.1, 0.15) is 25.7 Å². The van der Waals surface area contributed by atoms with E-state index in [0.29, 0.717) is 29.8 Å². The number of aliphatic hydroxyl groups is 1. The zero-order valence-corrected chi connectivity index (χ0v) is 12.9. The van der Waals surface area contributed by atoms with Crippen LogP contribution in [0, 0.1) is 0 Å². The molecule has 0 saturated heterocycles. The van der Waals surface area contributed by atoms with Gasteiger partial charge < -0.3 is 9.63 Å². The van der Waals surface area contributed by atoms with Crippen LogP contribution in [0.15, 0.2) is 28.8 Å². The Bertz CT molecular complexity index is 559. The zero-order valence-electron chi connectivity index (χ0n) is 12.1. The first-order valence-corrected chi connectivity index (χ1v) is 7.52. The van der Waals surface area contributed by atoms with Gasteiger partial charge in [0.2, 0.25) is 11.7 Å². The van der Waals surface area contributed by atoms with Crippen molar-refractivity contribution in [2.75, 3.05) is 19.7 Å². The minimum atomic E-state index is 0.124. The monoisotopic (exact) mass is 309 g/mol. The van der Waals surface area contributed by atoms with E-state index in [9.17, 15) is 0 Å². The number of hydrogen-bond acceptors (Lipinski definition) is 5. The van der Waals surface area contributed by atoms with Crippen LogP contribution in [-0.2, 0) is 6.54 Å². The molecule has 21 heavy (non-hydrogen) atoms. The molecule has 5 nitrogen and oxygen atoms in total. The fourth-order valence-corrected chi connectivity index (χ4v) is 2.24. The predicted molar refractivity (Wildman–Crippen MR) is 82.0 cm³/mol. The van der Waals surface area contributed by atoms with E-state index in [0.717, 1.165) is 24.9 Å². The summed E-state index contributed by atoms with van der Waals surface area (Å²) in [5, 5.41) is 13.7. The zero-order chi connectivity index (χ0) is 15.1. The summed E-state index contributed by atoms with van der Waals surface area (Å²) >= 11 is 5.96. The molecule has 0 atom stereocenters. The molecule has 1 aromatic heterocycles. The van der Waals surface area contributed by atoms with E-state index >= 15 is 0 Å². The average molecular weight is 310 g/mol. The summed E-state index contributed by atoms with van der Waals surface area (Å²) in [6, 6.07) is 7.36. The normalized spacial score (nSPS) is 11.2. The summed E-state index contributed by atoms with van der Waals surface area (Å²) in [4.78, 5) is 6.50. The summed E-state index contributed by atoms with van der Waals surface area (Å²) in [6.07, 6.45) is 2.19. The van der Waals surface area contributed by atoms with Crippen LogP contribution in [0.2, 0.25) is 5.02 Å². The maximum absolute atomic E-state index is 9.10. The lowest BCUT2D eigenvalue weighted by Crippen LogP contribution is -2.27. The topological polar surface area (TPSA) is 62.4 Å². The number of halogens is 1. The van der Waals surface area contributed by atoms with Gasteiger partial charge in [0.05, 0.1) is 13.2 Å². The number of rotatable bonds is 8. The molecule has 0 aliphatic rings. The Hall–Kier alpha value is -1.43. The summed E-state index contributed by atoms with van der Waals surface area (Å²) in [6.45, 7) is 4.33. The van der Waals surface area contributed by atoms with Crippen molar-refractivity contribution in [3.63, 3.8) is 0 Å². The third kappa shape index (κ3) is 4.81. The molecule has 0 aliphatic carbocycles. The van der Waals surface area contributed by atoms with Crippen LogP contribution in [0.25, 0.3) is 11.4 Å². The second-order valence-corrected chi connectivity index (χ2v) is 5.31. The Morgan fingerprint density at radius 1 is 1.33 bits per heavy atom. The average Bonchev–Trinajstić information content (AvgIpc) is 2.93. The van der Waals surface area contributed by atoms with Crippen molar-refractivity contribution in [2.45, 2.75) is 26.3 Å². The van der Waals surface area contributed by atoms with Gasteiger partial charge in [-0.05, 0) is 25.1 Å². The third-order valence-electron chi connectivity index (χ3n) is 3.15. The van der Waals surface area contributed by atoms with Gasteiger partial charge in [0.1, 0.15) is 0 Å². The van der Waals surface area contributed by atoms with Crippen molar-refractivity contribution in [2.24, 2.45) is 0 Å². The van der Waals surface area contributed by atoms with Crippen LogP contribution < -0.4 is 0 Å². The number of hydrogen-bond donors (Lipinski definition) is 1. The molecule has 0 aliphatic heterocycles. The number of unbranched alkanes of at least 4 members (excludes halogenated alkanes) is 1. The van der Waals surface area contributed by atoms with Gasteiger partial charge >= 0.3 is 0 Å². The van der Waals surface area contributed by atoms with E-state index in [1.807, 2.05) is 12.1 Å². The van der Waals surface area contributed by atoms with Gasteiger partial charge in [0, 0.05) is 17.1 Å². The molecule has 0 spiro atoms. The van der Waals surface area contributed by atoms with Gasteiger partial charge in [0.15, 0.2) is 0 Å². The lowest BCUT2D eigenvalue weighted by atomic mass is 10.2. The van der Waals surface area contributed by atoms with Crippen molar-refractivity contribution in [1.82, 2.24) is 15.0 Å². The first kappa shape index (κ1) is 15.9. The Kier molecular flexibility index (Phi) is 6.17. The van der Waals surface area contributed by atoms with E-state index in [-0.39, 0.29) is 6.61 Å². The molecular formula is C15H20ClN3O2. The highest BCUT2D eigenvalue weighted by molar-refractivity contribution is 6.30. The molecule has 0 amide bonds. The second kappa shape index (κ2) is 8.12. The smallest absolute Gasteiger partial charge is 0.241 e. The molecule has 2 aromatic rings. The molecule has 0 radical (unpaired) electrons. The summed E-state index contributed by atoms with van der Waals surface area (Å²) in [5.41, 5.74) is 0.833. The van der Waals surface area contributed by atoms with E-state index in [1.165, 1.54) is 0 Å².